The Bertz CT molecular complexity index is 379. The topological polar surface area (TPSA) is 30.5 Å². The van der Waals surface area contributed by atoms with Gasteiger partial charge in [0.15, 0.2) is 0 Å². The van der Waals surface area contributed by atoms with Gasteiger partial charge in [-0.05, 0) is 32.4 Å². The lowest BCUT2D eigenvalue weighted by atomic mass is 10.1. The molecule has 1 aromatic rings. The van der Waals surface area contributed by atoms with Crippen LogP contribution in [0.1, 0.15) is 52.5 Å². The first-order valence-corrected chi connectivity index (χ1v) is 7.84. The highest BCUT2D eigenvalue weighted by Gasteiger charge is 2.09. The first-order chi connectivity index (χ1) is 9.71. The van der Waals surface area contributed by atoms with Crippen molar-refractivity contribution in [1.82, 2.24) is 5.32 Å². The maximum absolute atomic E-state index is 6.08. The Morgan fingerprint density at radius 2 is 1.95 bits per heavy atom. The Labute approximate surface area is 123 Å². The lowest BCUT2D eigenvalue weighted by molar-refractivity contribution is 0.206. The van der Waals surface area contributed by atoms with E-state index in [4.69, 9.17) is 9.47 Å². The summed E-state index contributed by atoms with van der Waals surface area (Å²) >= 11 is 0. The normalized spacial score (nSPS) is 12.2. The molecule has 0 aliphatic heterocycles. The standard InChI is InChI=1S/C17H29NO2/c1-5-8-14(4)20-17-12-16(19-11-6-2)10-9-15(17)13-18-7-3/h9-10,12,14,18H,5-8,11,13H2,1-4H3. The SMILES string of the molecule is CCCOc1ccc(CNCC)c(OC(C)CCC)c1. The number of benzene rings is 1. The minimum absolute atomic E-state index is 0.238. The number of hydrogen-bond acceptors (Lipinski definition) is 3. The van der Waals surface area contributed by atoms with E-state index in [0.717, 1.165) is 50.5 Å². The van der Waals surface area contributed by atoms with Crippen molar-refractivity contribution in [3.63, 3.8) is 0 Å². The lowest BCUT2D eigenvalue weighted by Gasteiger charge is -2.18. The number of hydrogen-bond donors (Lipinski definition) is 1. The molecule has 20 heavy (non-hydrogen) atoms. The molecule has 1 N–H and O–H groups in total. The maximum atomic E-state index is 6.08. The third-order valence-corrected chi connectivity index (χ3v) is 3.10. The molecule has 3 heteroatoms. The predicted molar refractivity (Wildman–Crippen MR) is 84.6 cm³/mol. The third kappa shape index (κ3) is 5.83. The molecule has 0 fully saturated rings. The zero-order valence-corrected chi connectivity index (χ0v) is 13.4. The van der Waals surface area contributed by atoms with Crippen molar-refractivity contribution in [2.45, 2.75) is 59.6 Å². The molecule has 0 aliphatic rings. The second kappa shape index (κ2) is 9.65. The molecule has 0 spiro atoms. The van der Waals surface area contributed by atoms with Crippen LogP contribution in [0.2, 0.25) is 0 Å². The van der Waals surface area contributed by atoms with Gasteiger partial charge < -0.3 is 14.8 Å². The molecule has 0 saturated heterocycles. The zero-order valence-electron chi connectivity index (χ0n) is 13.4. The van der Waals surface area contributed by atoms with E-state index in [1.165, 1.54) is 5.56 Å². The molecule has 1 rings (SSSR count). The number of rotatable bonds is 10. The van der Waals surface area contributed by atoms with Crippen LogP contribution < -0.4 is 14.8 Å². The average molecular weight is 279 g/mol. The van der Waals surface area contributed by atoms with Gasteiger partial charge in [0.25, 0.3) is 0 Å². The molecule has 0 bridgehead atoms. The molecular weight excluding hydrogens is 250 g/mol. The highest BCUT2D eigenvalue weighted by atomic mass is 16.5. The highest BCUT2D eigenvalue weighted by molar-refractivity contribution is 5.41. The van der Waals surface area contributed by atoms with E-state index in [2.05, 4.69) is 39.1 Å². The van der Waals surface area contributed by atoms with Crippen molar-refractivity contribution in [2.24, 2.45) is 0 Å². The molecule has 0 amide bonds. The van der Waals surface area contributed by atoms with Gasteiger partial charge in [0.1, 0.15) is 11.5 Å². The largest absolute Gasteiger partial charge is 0.493 e. The van der Waals surface area contributed by atoms with E-state index >= 15 is 0 Å². The molecule has 0 aliphatic carbocycles. The van der Waals surface area contributed by atoms with Crippen molar-refractivity contribution in [1.29, 1.82) is 0 Å². The van der Waals surface area contributed by atoms with Gasteiger partial charge in [-0.1, -0.05) is 33.3 Å². The van der Waals surface area contributed by atoms with Crippen LogP contribution in [0, 0.1) is 0 Å². The van der Waals surface area contributed by atoms with Crippen LogP contribution in [0.3, 0.4) is 0 Å². The molecule has 3 nitrogen and oxygen atoms in total. The first-order valence-electron chi connectivity index (χ1n) is 7.84. The molecule has 1 atom stereocenters. The highest BCUT2D eigenvalue weighted by Crippen LogP contribution is 2.26. The smallest absolute Gasteiger partial charge is 0.127 e. The van der Waals surface area contributed by atoms with Crippen LogP contribution in [-0.2, 0) is 6.54 Å². The first kappa shape index (κ1) is 16.8. The molecule has 0 aromatic heterocycles. The van der Waals surface area contributed by atoms with Crippen LogP contribution in [0.4, 0.5) is 0 Å². The van der Waals surface area contributed by atoms with Crippen molar-refractivity contribution in [2.75, 3.05) is 13.2 Å². The molecule has 114 valence electrons. The Kier molecular flexibility index (Phi) is 8.12. The minimum Gasteiger partial charge on any atom is -0.493 e. The van der Waals surface area contributed by atoms with Crippen LogP contribution >= 0.6 is 0 Å². The van der Waals surface area contributed by atoms with Crippen LogP contribution in [-0.4, -0.2) is 19.3 Å². The Balaban J connectivity index is 2.81. The summed E-state index contributed by atoms with van der Waals surface area (Å²) in [4.78, 5) is 0. The number of nitrogens with one attached hydrogen (secondary N) is 1. The lowest BCUT2D eigenvalue weighted by Crippen LogP contribution is -2.16. The quantitative estimate of drug-likeness (QED) is 0.698. The molecule has 1 unspecified atom stereocenters. The summed E-state index contributed by atoms with van der Waals surface area (Å²) < 4.78 is 11.8. The van der Waals surface area contributed by atoms with Crippen molar-refractivity contribution >= 4 is 0 Å². The number of ether oxygens (including phenoxy) is 2. The molecule has 1 aromatic carbocycles. The molecular formula is C17H29NO2. The van der Waals surface area contributed by atoms with E-state index in [1.807, 2.05) is 12.1 Å². The van der Waals surface area contributed by atoms with Gasteiger partial charge in [0.05, 0.1) is 12.7 Å². The summed E-state index contributed by atoms with van der Waals surface area (Å²) in [5, 5.41) is 3.35. The second-order valence-corrected chi connectivity index (χ2v) is 5.12. The van der Waals surface area contributed by atoms with E-state index in [0.29, 0.717) is 0 Å². The van der Waals surface area contributed by atoms with Gasteiger partial charge in [-0.2, -0.15) is 0 Å². The van der Waals surface area contributed by atoms with Crippen molar-refractivity contribution in [3.8, 4) is 11.5 Å². The molecule has 0 saturated carbocycles. The maximum Gasteiger partial charge on any atom is 0.127 e. The van der Waals surface area contributed by atoms with E-state index in [-0.39, 0.29) is 6.10 Å². The summed E-state index contributed by atoms with van der Waals surface area (Å²) in [6.45, 7) is 11.1. The van der Waals surface area contributed by atoms with E-state index in [9.17, 15) is 0 Å². The minimum atomic E-state index is 0.238. The van der Waals surface area contributed by atoms with E-state index < -0.39 is 0 Å². The summed E-state index contributed by atoms with van der Waals surface area (Å²) in [6.07, 6.45) is 3.46. The fraction of sp³-hybridized carbons (Fsp3) is 0.647. The zero-order chi connectivity index (χ0) is 14.8. The summed E-state index contributed by atoms with van der Waals surface area (Å²) in [5.41, 5.74) is 1.19. The van der Waals surface area contributed by atoms with Gasteiger partial charge in [-0.3, -0.25) is 0 Å². The van der Waals surface area contributed by atoms with Gasteiger partial charge >= 0.3 is 0 Å². The van der Waals surface area contributed by atoms with Gasteiger partial charge in [0, 0.05) is 18.2 Å². The van der Waals surface area contributed by atoms with Crippen LogP contribution in [0.5, 0.6) is 11.5 Å². The van der Waals surface area contributed by atoms with Gasteiger partial charge in [0.2, 0.25) is 0 Å². The Morgan fingerprint density at radius 3 is 2.60 bits per heavy atom. The summed E-state index contributed by atoms with van der Waals surface area (Å²) in [6, 6.07) is 6.15. The predicted octanol–water partition coefficient (Wildman–Crippen LogP) is 4.15. The van der Waals surface area contributed by atoms with E-state index in [1.54, 1.807) is 0 Å². The van der Waals surface area contributed by atoms with Crippen LogP contribution in [0.25, 0.3) is 0 Å². The fourth-order valence-electron chi connectivity index (χ4n) is 2.04. The van der Waals surface area contributed by atoms with Crippen molar-refractivity contribution < 1.29 is 9.47 Å². The average Bonchev–Trinajstić information content (AvgIpc) is 2.44. The third-order valence-electron chi connectivity index (χ3n) is 3.10. The van der Waals surface area contributed by atoms with Crippen molar-refractivity contribution in [3.05, 3.63) is 23.8 Å². The monoisotopic (exact) mass is 279 g/mol. The Morgan fingerprint density at radius 1 is 1.15 bits per heavy atom. The van der Waals surface area contributed by atoms with Crippen LogP contribution in [0.15, 0.2) is 18.2 Å². The Hall–Kier alpha value is -1.22. The second-order valence-electron chi connectivity index (χ2n) is 5.12. The molecule has 0 heterocycles. The van der Waals surface area contributed by atoms with Gasteiger partial charge in [-0.25, -0.2) is 0 Å². The van der Waals surface area contributed by atoms with Gasteiger partial charge in [-0.15, -0.1) is 0 Å². The fourth-order valence-corrected chi connectivity index (χ4v) is 2.04. The molecule has 0 radical (unpaired) electrons. The summed E-state index contributed by atoms with van der Waals surface area (Å²) in [7, 11) is 0. The summed E-state index contributed by atoms with van der Waals surface area (Å²) in [5.74, 6) is 1.84.